The van der Waals surface area contributed by atoms with Gasteiger partial charge in [0.05, 0.1) is 13.0 Å². The van der Waals surface area contributed by atoms with E-state index in [1.807, 2.05) is 12.1 Å². The van der Waals surface area contributed by atoms with Crippen molar-refractivity contribution in [2.75, 3.05) is 13.1 Å². The van der Waals surface area contributed by atoms with Gasteiger partial charge in [-0.15, -0.1) is 0 Å². The van der Waals surface area contributed by atoms with Crippen LogP contribution in [0.5, 0.6) is 5.75 Å². The van der Waals surface area contributed by atoms with E-state index in [0.29, 0.717) is 23.7 Å². The summed E-state index contributed by atoms with van der Waals surface area (Å²) in [7, 11) is 0. The third kappa shape index (κ3) is 4.54. The first-order valence-electron chi connectivity index (χ1n) is 8.50. The standard InChI is InChI=1S/C20H21ClFNO3/c1-20(25)8-9-23(19(24)11-14-4-2-5-15(21)10-14)13-18(20)26-17-7-3-6-16(22)12-17/h2-7,10,12,18,25H,8-9,11,13H2,1H3/t18-,20-/m0/s1. The maximum Gasteiger partial charge on any atom is 0.227 e. The van der Waals surface area contributed by atoms with E-state index in [1.165, 1.54) is 12.1 Å². The average molecular weight is 378 g/mol. The molecule has 4 nitrogen and oxygen atoms in total. The van der Waals surface area contributed by atoms with Gasteiger partial charge in [-0.2, -0.15) is 0 Å². The summed E-state index contributed by atoms with van der Waals surface area (Å²) in [6, 6.07) is 13.0. The van der Waals surface area contributed by atoms with E-state index in [4.69, 9.17) is 16.3 Å². The van der Waals surface area contributed by atoms with Crippen molar-refractivity contribution in [1.29, 1.82) is 0 Å². The van der Waals surface area contributed by atoms with Crippen LogP contribution in [0.3, 0.4) is 0 Å². The molecule has 0 spiro atoms. The van der Waals surface area contributed by atoms with Crippen molar-refractivity contribution in [3.8, 4) is 5.75 Å². The molecule has 1 aliphatic heterocycles. The maximum absolute atomic E-state index is 13.4. The molecule has 1 saturated heterocycles. The summed E-state index contributed by atoms with van der Waals surface area (Å²) in [6.45, 7) is 2.36. The van der Waals surface area contributed by atoms with E-state index in [0.717, 1.165) is 5.56 Å². The van der Waals surface area contributed by atoms with E-state index in [-0.39, 0.29) is 18.9 Å². The van der Waals surface area contributed by atoms with Crippen LogP contribution in [-0.4, -0.2) is 40.7 Å². The van der Waals surface area contributed by atoms with Crippen LogP contribution < -0.4 is 4.74 Å². The van der Waals surface area contributed by atoms with Crippen LogP contribution in [0, 0.1) is 5.82 Å². The number of likely N-dealkylation sites (tertiary alicyclic amines) is 1. The molecular formula is C20H21ClFNO3. The molecule has 0 unspecified atom stereocenters. The lowest BCUT2D eigenvalue weighted by molar-refractivity contribution is -0.142. The minimum absolute atomic E-state index is 0.0596. The molecule has 138 valence electrons. The number of amides is 1. The second-order valence-electron chi connectivity index (χ2n) is 6.82. The van der Waals surface area contributed by atoms with Crippen molar-refractivity contribution in [3.63, 3.8) is 0 Å². The minimum atomic E-state index is -1.10. The van der Waals surface area contributed by atoms with Gasteiger partial charge in [0.2, 0.25) is 5.91 Å². The predicted octanol–water partition coefficient (Wildman–Crippen LogP) is 3.45. The zero-order valence-electron chi connectivity index (χ0n) is 14.5. The van der Waals surface area contributed by atoms with Gasteiger partial charge in [0.25, 0.3) is 0 Å². The first kappa shape index (κ1) is 18.7. The molecule has 0 aromatic heterocycles. The number of benzene rings is 2. The summed E-state index contributed by atoms with van der Waals surface area (Å²) < 4.78 is 19.2. The quantitative estimate of drug-likeness (QED) is 0.887. The molecule has 6 heteroatoms. The van der Waals surface area contributed by atoms with Crippen LogP contribution in [0.15, 0.2) is 48.5 Å². The molecule has 0 bridgehead atoms. The lowest BCUT2D eigenvalue weighted by Gasteiger charge is -2.42. The molecule has 1 N–H and O–H groups in total. The van der Waals surface area contributed by atoms with Gasteiger partial charge < -0.3 is 14.7 Å². The number of carbonyl (C=O) groups excluding carboxylic acids is 1. The Kier molecular flexibility index (Phi) is 5.49. The number of hydrogen-bond acceptors (Lipinski definition) is 3. The van der Waals surface area contributed by atoms with E-state index >= 15 is 0 Å². The lowest BCUT2D eigenvalue weighted by Crippen LogP contribution is -2.57. The summed E-state index contributed by atoms with van der Waals surface area (Å²) in [6.07, 6.45) is -0.0229. The second kappa shape index (κ2) is 7.64. The summed E-state index contributed by atoms with van der Waals surface area (Å²) in [5, 5.41) is 11.2. The smallest absolute Gasteiger partial charge is 0.227 e. The van der Waals surface area contributed by atoms with E-state index in [9.17, 15) is 14.3 Å². The number of ether oxygens (including phenoxy) is 1. The predicted molar refractivity (Wildman–Crippen MR) is 97.8 cm³/mol. The highest BCUT2D eigenvalue weighted by atomic mass is 35.5. The Morgan fingerprint density at radius 3 is 2.85 bits per heavy atom. The molecule has 1 aliphatic rings. The van der Waals surface area contributed by atoms with Gasteiger partial charge in [-0.25, -0.2) is 4.39 Å². The third-order valence-electron chi connectivity index (χ3n) is 4.64. The van der Waals surface area contributed by atoms with Crippen LogP contribution in [-0.2, 0) is 11.2 Å². The minimum Gasteiger partial charge on any atom is -0.485 e. The van der Waals surface area contributed by atoms with Crippen LogP contribution in [0.25, 0.3) is 0 Å². The summed E-state index contributed by atoms with van der Waals surface area (Å²) >= 11 is 5.97. The molecule has 2 aromatic rings. The van der Waals surface area contributed by atoms with Crippen LogP contribution in [0.1, 0.15) is 18.9 Å². The topological polar surface area (TPSA) is 49.8 Å². The molecule has 0 radical (unpaired) electrons. The van der Waals surface area contributed by atoms with Gasteiger partial charge in [0.1, 0.15) is 23.3 Å². The molecule has 2 atom stereocenters. The Morgan fingerprint density at radius 1 is 1.35 bits per heavy atom. The van der Waals surface area contributed by atoms with E-state index < -0.39 is 17.5 Å². The average Bonchev–Trinajstić information content (AvgIpc) is 2.56. The first-order valence-corrected chi connectivity index (χ1v) is 8.88. The van der Waals surface area contributed by atoms with Crippen molar-refractivity contribution in [2.24, 2.45) is 0 Å². The van der Waals surface area contributed by atoms with Gasteiger partial charge >= 0.3 is 0 Å². The van der Waals surface area contributed by atoms with Crippen LogP contribution in [0.2, 0.25) is 5.02 Å². The normalized spacial score (nSPS) is 22.9. The van der Waals surface area contributed by atoms with E-state index in [1.54, 1.807) is 36.1 Å². The highest BCUT2D eigenvalue weighted by Crippen LogP contribution is 2.27. The molecule has 1 amide bonds. The summed E-state index contributed by atoms with van der Waals surface area (Å²) in [5.74, 6) is -0.137. The summed E-state index contributed by atoms with van der Waals surface area (Å²) in [4.78, 5) is 14.3. The van der Waals surface area contributed by atoms with Gasteiger partial charge in [0, 0.05) is 17.6 Å². The van der Waals surface area contributed by atoms with Gasteiger partial charge in [-0.05, 0) is 43.2 Å². The Hall–Kier alpha value is -2.11. The number of halogens is 2. The van der Waals surface area contributed by atoms with Crippen LogP contribution in [0.4, 0.5) is 4.39 Å². The second-order valence-corrected chi connectivity index (χ2v) is 7.25. The van der Waals surface area contributed by atoms with Crippen molar-refractivity contribution >= 4 is 17.5 Å². The Bertz CT molecular complexity index is 796. The number of aliphatic hydroxyl groups is 1. The number of nitrogens with zero attached hydrogens (tertiary/aromatic N) is 1. The molecule has 2 aromatic carbocycles. The fourth-order valence-electron chi connectivity index (χ4n) is 3.04. The van der Waals surface area contributed by atoms with Gasteiger partial charge in [0.15, 0.2) is 0 Å². The fraction of sp³-hybridized carbons (Fsp3) is 0.350. The SMILES string of the molecule is C[C@]1(O)CCN(C(=O)Cc2cccc(Cl)c2)C[C@@H]1Oc1cccc(F)c1. The number of hydrogen-bond donors (Lipinski definition) is 1. The molecule has 0 aliphatic carbocycles. The van der Waals surface area contributed by atoms with Crippen molar-refractivity contribution in [3.05, 3.63) is 64.9 Å². The first-order chi connectivity index (χ1) is 12.3. The summed E-state index contributed by atoms with van der Waals surface area (Å²) in [5.41, 5.74) is -0.262. The lowest BCUT2D eigenvalue weighted by atomic mass is 9.90. The molecule has 0 saturated carbocycles. The zero-order valence-corrected chi connectivity index (χ0v) is 15.2. The molecule has 3 rings (SSSR count). The number of carbonyl (C=O) groups is 1. The fourth-order valence-corrected chi connectivity index (χ4v) is 3.25. The number of piperidine rings is 1. The Morgan fingerprint density at radius 2 is 2.12 bits per heavy atom. The highest BCUT2D eigenvalue weighted by molar-refractivity contribution is 6.30. The Balaban J connectivity index is 1.69. The van der Waals surface area contributed by atoms with Crippen molar-refractivity contribution < 1.29 is 19.0 Å². The van der Waals surface area contributed by atoms with Gasteiger partial charge in [-0.1, -0.05) is 29.8 Å². The molecule has 1 fully saturated rings. The molecule has 1 heterocycles. The number of rotatable bonds is 4. The maximum atomic E-state index is 13.4. The molecule has 26 heavy (non-hydrogen) atoms. The third-order valence-corrected chi connectivity index (χ3v) is 4.87. The Labute approximate surface area is 157 Å². The van der Waals surface area contributed by atoms with Gasteiger partial charge in [-0.3, -0.25) is 4.79 Å². The monoisotopic (exact) mass is 377 g/mol. The van der Waals surface area contributed by atoms with Crippen molar-refractivity contribution in [2.45, 2.75) is 31.5 Å². The van der Waals surface area contributed by atoms with Crippen molar-refractivity contribution in [1.82, 2.24) is 4.90 Å². The zero-order chi connectivity index (χ0) is 18.7. The van der Waals surface area contributed by atoms with E-state index in [2.05, 4.69) is 0 Å². The largest absolute Gasteiger partial charge is 0.485 e. The molecular weight excluding hydrogens is 357 g/mol. The highest BCUT2D eigenvalue weighted by Gasteiger charge is 2.40. The van der Waals surface area contributed by atoms with Crippen LogP contribution >= 0.6 is 11.6 Å².